The number of hydrogen-bond donors (Lipinski definition) is 2. The summed E-state index contributed by atoms with van der Waals surface area (Å²) in [5.74, 6) is 0. The zero-order valence-electron chi connectivity index (χ0n) is 13.9. The Labute approximate surface area is 128 Å². The Kier molecular flexibility index (Phi) is 7.51. The average Bonchev–Trinajstić information content (AvgIpc) is 3.31. The van der Waals surface area contributed by atoms with Crippen LogP contribution in [-0.4, -0.2) is 32.7 Å². The van der Waals surface area contributed by atoms with E-state index < -0.39 is 0 Å². The number of allylic oxidation sites excluding steroid dienone is 5. The van der Waals surface area contributed by atoms with Crippen LogP contribution in [0.15, 0.2) is 44.7 Å². The van der Waals surface area contributed by atoms with Crippen LogP contribution in [0.4, 0.5) is 0 Å². The van der Waals surface area contributed by atoms with Crippen molar-refractivity contribution in [3.63, 3.8) is 0 Å². The van der Waals surface area contributed by atoms with Crippen LogP contribution < -0.4 is 10.6 Å². The second-order valence-electron chi connectivity index (χ2n) is 5.16. The molecule has 0 aromatic rings. The first-order valence-electron chi connectivity index (χ1n) is 7.63. The van der Waals surface area contributed by atoms with Crippen LogP contribution in [0, 0.1) is 0 Å². The molecule has 0 amide bonds. The van der Waals surface area contributed by atoms with Gasteiger partial charge in [0.1, 0.15) is 6.34 Å². The lowest BCUT2D eigenvalue weighted by Gasteiger charge is -2.14. The average molecular weight is 288 g/mol. The SMILES string of the molecule is CC\C=C/C(C=NC=NC1CC1)=C(NC)\C(C)=C(/C)NC. The molecule has 1 saturated carbocycles. The van der Waals surface area contributed by atoms with Crippen molar-refractivity contribution in [3.05, 3.63) is 34.7 Å². The van der Waals surface area contributed by atoms with Crippen LogP contribution in [0.1, 0.15) is 40.0 Å². The minimum Gasteiger partial charge on any atom is -0.391 e. The molecule has 0 bridgehead atoms. The van der Waals surface area contributed by atoms with Crippen LogP contribution in [0.3, 0.4) is 0 Å². The number of hydrogen-bond acceptors (Lipinski definition) is 3. The molecule has 4 nitrogen and oxygen atoms in total. The van der Waals surface area contributed by atoms with Crippen molar-refractivity contribution in [2.24, 2.45) is 9.98 Å². The normalized spacial score (nSPS) is 18.3. The molecule has 116 valence electrons. The van der Waals surface area contributed by atoms with Crippen LogP contribution in [-0.2, 0) is 0 Å². The highest BCUT2D eigenvalue weighted by Gasteiger charge is 2.18. The quantitative estimate of drug-likeness (QED) is 0.409. The van der Waals surface area contributed by atoms with Gasteiger partial charge in [0, 0.05) is 37.3 Å². The van der Waals surface area contributed by atoms with E-state index in [0.29, 0.717) is 6.04 Å². The second-order valence-corrected chi connectivity index (χ2v) is 5.16. The van der Waals surface area contributed by atoms with Gasteiger partial charge in [-0.3, -0.25) is 4.99 Å². The molecule has 1 fully saturated rings. The van der Waals surface area contributed by atoms with Crippen LogP contribution in [0.5, 0.6) is 0 Å². The third-order valence-corrected chi connectivity index (χ3v) is 3.49. The monoisotopic (exact) mass is 288 g/mol. The van der Waals surface area contributed by atoms with Gasteiger partial charge in [-0.15, -0.1) is 0 Å². The maximum absolute atomic E-state index is 4.35. The second kappa shape index (κ2) is 9.16. The topological polar surface area (TPSA) is 48.8 Å². The number of aliphatic imine (C=N–C) groups is 2. The summed E-state index contributed by atoms with van der Waals surface area (Å²) in [6.07, 6.45) is 11.2. The molecule has 1 aliphatic rings. The largest absolute Gasteiger partial charge is 0.391 e. The predicted molar refractivity (Wildman–Crippen MR) is 93.0 cm³/mol. The lowest BCUT2D eigenvalue weighted by molar-refractivity contribution is 0.917. The smallest absolute Gasteiger partial charge is 0.110 e. The Morgan fingerprint density at radius 3 is 2.43 bits per heavy atom. The van der Waals surface area contributed by atoms with Gasteiger partial charge in [0.2, 0.25) is 0 Å². The molecule has 21 heavy (non-hydrogen) atoms. The molecule has 0 saturated heterocycles. The van der Waals surface area contributed by atoms with E-state index in [1.165, 1.54) is 18.4 Å². The molecular weight excluding hydrogens is 260 g/mol. The first kappa shape index (κ1) is 17.2. The van der Waals surface area contributed by atoms with E-state index in [1.54, 1.807) is 6.34 Å². The third kappa shape index (κ3) is 5.98. The summed E-state index contributed by atoms with van der Waals surface area (Å²) in [7, 11) is 3.87. The summed E-state index contributed by atoms with van der Waals surface area (Å²) in [5.41, 5.74) is 4.46. The highest BCUT2D eigenvalue weighted by Crippen LogP contribution is 2.22. The minimum absolute atomic E-state index is 0.512. The molecule has 1 aliphatic carbocycles. The summed E-state index contributed by atoms with van der Waals surface area (Å²) >= 11 is 0. The molecular formula is C17H28N4. The van der Waals surface area contributed by atoms with Crippen molar-refractivity contribution in [2.75, 3.05) is 14.1 Å². The van der Waals surface area contributed by atoms with E-state index >= 15 is 0 Å². The predicted octanol–water partition coefficient (Wildman–Crippen LogP) is 3.20. The van der Waals surface area contributed by atoms with Crippen molar-refractivity contribution < 1.29 is 0 Å². The van der Waals surface area contributed by atoms with E-state index in [-0.39, 0.29) is 0 Å². The summed E-state index contributed by atoms with van der Waals surface area (Å²) in [5, 5.41) is 6.47. The van der Waals surface area contributed by atoms with Gasteiger partial charge < -0.3 is 10.6 Å². The van der Waals surface area contributed by atoms with E-state index in [9.17, 15) is 0 Å². The lowest BCUT2D eigenvalue weighted by atomic mass is 10.1. The first-order chi connectivity index (χ1) is 10.1. The Balaban J connectivity index is 3.05. The van der Waals surface area contributed by atoms with Gasteiger partial charge in [-0.1, -0.05) is 19.1 Å². The first-order valence-corrected chi connectivity index (χ1v) is 7.63. The van der Waals surface area contributed by atoms with Gasteiger partial charge in [0.25, 0.3) is 0 Å². The fourth-order valence-corrected chi connectivity index (χ4v) is 1.83. The third-order valence-electron chi connectivity index (χ3n) is 3.49. The standard InChI is InChI=1S/C17H28N4/c1-6-7-8-15(11-20-12-21-16-9-10-16)17(19-5)13(2)14(3)18-4/h7-8,11-12,16,18-19H,6,9-10H2,1-5H3/b8-7-,14-13+,17-15-,20-11?,21-12?. The zero-order chi connectivity index (χ0) is 15.7. The van der Waals surface area contributed by atoms with E-state index in [1.807, 2.05) is 20.3 Å². The molecule has 0 spiro atoms. The van der Waals surface area contributed by atoms with Crippen molar-refractivity contribution in [1.82, 2.24) is 10.6 Å². The highest BCUT2D eigenvalue weighted by molar-refractivity contribution is 5.89. The molecule has 0 atom stereocenters. The summed E-state index contributed by atoms with van der Waals surface area (Å²) in [6.45, 7) is 6.30. The Morgan fingerprint density at radius 1 is 1.19 bits per heavy atom. The molecule has 0 aliphatic heterocycles. The molecule has 0 heterocycles. The fourth-order valence-electron chi connectivity index (χ4n) is 1.83. The van der Waals surface area contributed by atoms with Gasteiger partial charge in [0.05, 0.1) is 6.04 Å². The summed E-state index contributed by atoms with van der Waals surface area (Å²) < 4.78 is 0. The Hall–Kier alpha value is -1.84. The van der Waals surface area contributed by atoms with Crippen LogP contribution in [0.25, 0.3) is 0 Å². The fraction of sp³-hybridized carbons (Fsp3) is 0.529. The molecule has 0 radical (unpaired) electrons. The number of likely N-dealkylation sites (N-methyl/N-ethyl adjacent to an activating group) is 1. The maximum atomic E-state index is 4.35. The molecule has 0 unspecified atom stereocenters. The van der Waals surface area contributed by atoms with E-state index in [4.69, 9.17) is 0 Å². The van der Waals surface area contributed by atoms with Gasteiger partial charge >= 0.3 is 0 Å². The molecule has 2 N–H and O–H groups in total. The Bertz CT molecular complexity index is 477. The zero-order valence-corrected chi connectivity index (χ0v) is 13.9. The van der Waals surface area contributed by atoms with Crippen molar-refractivity contribution in [1.29, 1.82) is 0 Å². The van der Waals surface area contributed by atoms with Gasteiger partial charge in [0.15, 0.2) is 0 Å². The van der Waals surface area contributed by atoms with Gasteiger partial charge in [-0.25, -0.2) is 4.99 Å². The number of rotatable bonds is 8. The van der Waals surface area contributed by atoms with Crippen molar-refractivity contribution in [3.8, 4) is 0 Å². The molecule has 1 rings (SSSR count). The highest BCUT2D eigenvalue weighted by atomic mass is 14.9. The molecule has 0 aromatic heterocycles. The van der Waals surface area contributed by atoms with Crippen LogP contribution in [0.2, 0.25) is 0 Å². The summed E-state index contributed by atoms with van der Waals surface area (Å²) in [4.78, 5) is 8.69. The molecule has 0 aromatic carbocycles. The maximum Gasteiger partial charge on any atom is 0.110 e. The van der Waals surface area contributed by atoms with Crippen molar-refractivity contribution >= 4 is 12.6 Å². The number of nitrogens with one attached hydrogen (secondary N) is 2. The van der Waals surface area contributed by atoms with Gasteiger partial charge in [-0.2, -0.15) is 0 Å². The lowest BCUT2D eigenvalue weighted by Crippen LogP contribution is -2.15. The summed E-state index contributed by atoms with van der Waals surface area (Å²) in [6, 6.07) is 0.512. The van der Waals surface area contributed by atoms with Crippen LogP contribution >= 0.6 is 0 Å². The van der Waals surface area contributed by atoms with E-state index in [2.05, 4.69) is 53.5 Å². The molecule has 4 heteroatoms. The minimum atomic E-state index is 0.512. The Morgan fingerprint density at radius 2 is 1.90 bits per heavy atom. The van der Waals surface area contributed by atoms with Crippen molar-refractivity contribution in [2.45, 2.75) is 46.1 Å². The number of nitrogens with zero attached hydrogens (tertiary/aromatic N) is 2. The van der Waals surface area contributed by atoms with E-state index in [0.717, 1.165) is 23.4 Å². The van der Waals surface area contributed by atoms with Gasteiger partial charge in [-0.05, 0) is 38.7 Å².